The molecule has 0 spiro atoms. The van der Waals surface area contributed by atoms with E-state index in [1.807, 2.05) is 18.2 Å². The van der Waals surface area contributed by atoms with E-state index in [0.29, 0.717) is 24.0 Å². The molecular formula is C21H38IN5O2. The van der Waals surface area contributed by atoms with Crippen LogP contribution in [-0.2, 0) is 11.3 Å². The van der Waals surface area contributed by atoms with Crippen LogP contribution < -0.4 is 20.7 Å². The molecule has 1 atom stereocenters. The second-order valence-electron chi connectivity index (χ2n) is 6.86. The summed E-state index contributed by atoms with van der Waals surface area (Å²) in [4.78, 5) is 18.1. The van der Waals surface area contributed by atoms with Crippen LogP contribution in [0.3, 0.4) is 0 Å². The predicted octanol–water partition coefficient (Wildman–Crippen LogP) is 3.45. The third-order valence-corrected chi connectivity index (χ3v) is 4.65. The van der Waals surface area contributed by atoms with Gasteiger partial charge in [-0.1, -0.05) is 19.9 Å². The fourth-order valence-corrected chi connectivity index (χ4v) is 3.00. The monoisotopic (exact) mass is 519 g/mol. The van der Waals surface area contributed by atoms with Gasteiger partial charge in [-0.3, -0.25) is 9.79 Å². The highest BCUT2D eigenvalue weighted by Crippen LogP contribution is 2.25. The average molecular weight is 519 g/mol. The molecular weight excluding hydrogens is 481 g/mol. The zero-order valence-corrected chi connectivity index (χ0v) is 21.0. The molecule has 0 aliphatic carbocycles. The van der Waals surface area contributed by atoms with Gasteiger partial charge in [-0.2, -0.15) is 0 Å². The highest BCUT2D eigenvalue weighted by Gasteiger charge is 2.09. The van der Waals surface area contributed by atoms with E-state index in [-0.39, 0.29) is 29.9 Å². The summed E-state index contributed by atoms with van der Waals surface area (Å²) >= 11 is 0. The number of nitrogens with one attached hydrogen (secondary N) is 3. The standard InChI is InChI=1S/C21H37N5O2.HI/c1-7-26(8-2)13-9-10-16(3)24-21(22-5)23-15-18-11-12-20(28-6)19(14-18)25-17(4)27;/h11-12,14,16H,7-10,13,15H2,1-6H3,(H,25,27)(H2,22,23,24);1H. The maximum Gasteiger partial charge on any atom is 0.221 e. The van der Waals surface area contributed by atoms with E-state index in [4.69, 9.17) is 4.74 Å². The summed E-state index contributed by atoms with van der Waals surface area (Å²) in [5.41, 5.74) is 1.70. The highest BCUT2D eigenvalue weighted by molar-refractivity contribution is 14.0. The van der Waals surface area contributed by atoms with Gasteiger partial charge in [0.15, 0.2) is 5.96 Å². The van der Waals surface area contributed by atoms with Crippen molar-refractivity contribution in [2.75, 3.05) is 39.1 Å². The summed E-state index contributed by atoms with van der Waals surface area (Å²) < 4.78 is 5.30. The third-order valence-electron chi connectivity index (χ3n) is 4.65. The second kappa shape index (κ2) is 15.3. The van der Waals surface area contributed by atoms with E-state index < -0.39 is 0 Å². The Balaban J connectivity index is 0.00000784. The molecule has 1 unspecified atom stereocenters. The number of aliphatic imine (C=N–C) groups is 1. The van der Waals surface area contributed by atoms with Crippen molar-refractivity contribution < 1.29 is 9.53 Å². The molecule has 1 amide bonds. The number of guanidine groups is 1. The van der Waals surface area contributed by atoms with Crippen molar-refractivity contribution in [2.45, 2.75) is 53.1 Å². The van der Waals surface area contributed by atoms with Crippen molar-refractivity contribution >= 4 is 41.5 Å². The van der Waals surface area contributed by atoms with E-state index >= 15 is 0 Å². The van der Waals surface area contributed by atoms with Gasteiger partial charge in [-0.15, -0.1) is 24.0 Å². The summed E-state index contributed by atoms with van der Waals surface area (Å²) in [6.45, 7) is 12.0. The first-order valence-corrected chi connectivity index (χ1v) is 10.1. The quantitative estimate of drug-likeness (QED) is 0.237. The highest BCUT2D eigenvalue weighted by atomic mass is 127. The summed E-state index contributed by atoms with van der Waals surface area (Å²) in [7, 11) is 3.36. The first kappa shape index (κ1) is 27.5. The molecule has 8 heteroatoms. The lowest BCUT2D eigenvalue weighted by atomic mass is 10.1. The van der Waals surface area contributed by atoms with Crippen LogP contribution in [0.1, 0.15) is 46.1 Å². The maximum absolute atomic E-state index is 11.4. The van der Waals surface area contributed by atoms with E-state index in [1.165, 1.54) is 6.92 Å². The molecule has 166 valence electrons. The predicted molar refractivity (Wildman–Crippen MR) is 133 cm³/mol. The van der Waals surface area contributed by atoms with Crippen molar-refractivity contribution in [3.63, 3.8) is 0 Å². The lowest BCUT2D eigenvalue weighted by molar-refractivity contribution is -0.114. The minimum Gasteiger partial charge on any atom is -0.495 e. The van der Waals surface area contributed by atoms with Crippen LogP contribution in [-0.4, -0.2) is 56.6 Å². The molecule has 1 aromatic rings. The van der Waals surface area contributed by atoms with Crippen LogP contribution >= 0.6 is 24.0 Å². The smallest absolute Gasteiger partial charge is 0.221 e. The number of halogens is 1. The molecule has 0 saturated heterocycles. The number of ether oxygens (including phenoxy) is 1. The van der Waals surface area contributed by atoms with E-state index in [2.05, 4.69) is 46.6 Å². The van der Waals surface area contributed by atoms with Gasteiger partial charge in [0, 0.05) is 26.6 Å². The number of benzene rings is 1. The number of hydrogen-bond acceptors (Lipinski definition) is 4. The Bertz CT molecular complexity index is 635. The molecule has 7 nitrogen and oxygen atoms in total. The minimum atomic E-state index is -0.126. The molecule has 0 aliphatic rings. The first-order valence-electron chi connectivity index (χ1n) is 10.1. The first-order chi connectivity index (χ1) is 13.4. The number of methoxy groups -OCH3 is 1. The Morgan fingerprint density at radius 1 is 1.28 bits per heavy atom. The molecule has 0 aliphatic heterocycles. The number of amides is 1. The van der Waals surface area contributed by atoms with Gasteiger partial charge < -0.3 is 25.6 Å². The van der Waals surface area contributed by atoms with Gasteiger partial charge in [0.05, 0.1) is 12.8 Å². The zero-order chi connectivity index (χ0) is 20.9. The van der Waals surface area contributed by atoms with Gasteiger partial charge >= 0.3 is 0 Å². The van der Waals surface area contributed by atoms with Gasteiger partial charge in [-0.25, -0.2) is 0 Å². The fourth-order valence-electron chi connectivity index (χ4n) is 3.00. The van der Waals surface area contributed by atoms with Gasteiger partial charge in [0.1, 0.15) is 5.75 Å². The van der Waals surface area contributed by atoms with Crippen molar-refractivity contribution in [1.82, 2.24) is 15.5 Å². The van der Waals surface area contributed by atoms with Gasteiger partial charge in [0.25, 0.3) is 0 Å². The van der Waals surface area contributed by atoms with Crippen molar-refractivity contribution in [2.24, 2.45) is 4.99 Å². The van der Waals surface area contributed by atoms with Gasteiger partial charge in [0.2, 0.25) is 5.91 Å². The summed E-state index contributed by atoms with van der Waals surface area (Å²) in [6.07, 6.45) is 2.25. The zero-order valence-electron chi connectivity index (χ0n) is 18.7. The number of nitrogens with zero attached hydrogens (tertiary/aromatic N) is 2. The number of rotatable bonds is 11. The summed E-state index contributed by atoms with van der Waals surface area (Å²) in [5, 5.41) is 9.57. The molecule has 0 aromatic heterocycles. The fraction of sp³-hybridized carbons (Fsp3) is 0.619. The number of anilines is 1. The molecule has 1 aromatic carbocycles. The molecule has 0 bridgehead atoms. The molecule has 0 saturated carbocycles. The second-order valence-corrected chi connectivity index (χ2v) is 6.86. The molecule has 0 heterocycles. The Kier molecular flexibility index (Phi) is 14.5. The van der Waals surface area contributed by atoms with E-state index in [0.717, 1.165) is 44.0 Å². The summed E-state index contributed by atoms with van der Waals surface area (Å²) in [6, 6.07) is 6.08. The summed E-state index contributed by atoms with van der Waals surface area (Å²) in [5.74, 6) is 1.29. The Hall–Kier alpha value is -1.55. The minimum absolute atomic E-state index is 0. The average Bonchev–Trinajstić information content (AvgIpc) is 2.68. The van der Waals surface area contributed by atoms with Crippen LogP contribution in [0.25, 0.3) is 0 Å². The Morgan fingerprint density at radius 3 is 2.52 bits per heavy atom. The lowest BCUT2D eigenvalue weighted by Gasteiger charge is -2.21. The van der Waals surface area contributed by atoms with Gasteiger partial charge in [-0.05, 0) is 57.1 Å². The topological polar surface area (TPSA) is 78.0 Å². The Morgan fingerprint density at radius 2 is 1.97 bits per heavy atom. The van der Waals surface area contributed by atoms with Crippen molar-refractivity contribution in [3.05, 3.63) is 23.8 Å². The lowest BCUT2D eigenvalue weighted by Crippen LogP contribution is -2.42. The SMILES string of the molecule is CCN(CC)CCCC(C)NC(=NC)NCc1ccc(OC)c(NC(C)=O)c1.I. The number of hydrogen-bond donors (Lipinski definition) is 3. The number of carbonyl (C=O) groups is 1. The molecule has 29 heavy (non-hydrogen) atoms. The van der Waals surface area contributed by atoms with Crippen molar-refractivity contribution in [1.29, 1.82) is 0 Å². The van der Waals surface area contributed by atoms with Crippen LogP contribution in [0.5, 0.6) is 5.75 Å². The van der Waals surface area contributed by atoms with E-state index in [1.54, 1.807) is 14.2 Å². The Labute approximate surface area is 193 Å². The van der Waals surface area contributed by atoms with E-state index in [9.17, 15) is 4.79 Å². The van der Waals surface area contributed by atoms with Crippen LogP contribution in [0.15, 0.2) is 23.2 Å². The largest absolute Gasteiger partial charge is 0.495 e. The molecule has 0 fully saturated rings. The van der Waals surface area contributed by atoms with Crippen LogP contribution in [0.2, 0.25) is 0 Å². The number of carbonyl (C=O) groups excluding carboxylic acids is 1. The van der Waals surface area contributed by atoms with Crippen molar-refractivity contribution in [3.8, 4) is 5.75 Å². The normalized spacial score (nSPS) is 12.2. The third kappa shape index (κ3) is 10.7. The molecule has 0 radical (unpaired) electrons. The molecule has 1 rings (SSSR count). The van der Waals surface area contributed by atoms with Crippen LogP contribution in [0, 0.1) is 0 Å². The maximum atomic E-state index is 11.4. The van der Waals surface area contributed by atoms with Crippen LogP contribution in [0.4, 0.5) is 5.69 Å². The molecule has 3 N–H and O–H groups in total.